The van der Waals surface area contributed by atoms with E-state index in [1.807, 2.05) is 42.5 Å². The Morgan fingerprint density at radius 1 is 1.00 bits per heavy atom. The molecular formula is C16H11N5O. The lowest BCUT2D eigenvalue weighted by molar-refractivity contribution is 1.13. The van der Waals surface area contributed by atoms with Crippen molar-refractivity contribution in [2.24, 2.45) is 0 Å². The number of benzene rings is 2. The van der Waals surface area contributed by atoms with Crippen LogP contribution in [0.1, 0.15) is 0 Å². The van der Waals surface area contributed by atoms with Gasteiger partial charge in [-0.05, 0) is 10.8 Å². The van der Waals surface area contributed by atoms with Gasteiger partial charge in [0.25, 0.3) is 5.56 Å². The molecule has 0 aliphatic carbocycles. The normalized spacial score (nSPS) is 11.1. The van der Waals surface area contributed by atoms with Crippen molar-refractivity contribution < 1.29 is 0 Å². The number of nitrogens with two attached hydrogens (primary N) is 1. The molecule has 0 saturated carbocycles. The summed E-state index contributed by atoms with van der Waals surface area (Å²) in [4.78, 5) is 27.0. The molecule has 3 N–H and O–H groups in total. The number of rotatable bonds is 1. The third-order valence-electron chi connectivity index (χ3n) is 3.50. The highest BCUT2D eigenvalue weighted by Crippen LogP contribution is 2.27. The van der Waals surface area contributed by atoms with E-state index in [0.29, 0.717) is 5.69 Å². The number of nitrogens with zero attached hydrogens (tertiary/aromatic N) is 3. The summed E-state index contributed by atoms with van der Waals surface area (Å²) in [5.74, 6) is 0.0321. The minimum atomic E-state index is -0.392. The van der Waals surface area contributed by atoms with E-state index in [2.05, 4.69) is 19.9 Å². The van der Waals surface area contributed by atoms with Crippen LogP contribution in [0.5, 0.6) is 0 Å². The maximum absolute atomic E-state index is 12.0. The highest BCUT2D eigenvalue weighted by molar-refractivity contribution is 5.96. The standard InChI is InChI=1S/C16H11N5O/c17-16-20-14-13(15(22)21-16)19-12(8-18-14)11-7-3-5-9-4-1-2-6-10(9)11/h1-8H,(H3,17,18,20,21,22). The molecule has 4 rings (SSSR count). The number of nitrogen functional groups attached to an aromatic ring is 1. The number of hydrogen-bond acceptors (Lipinski definition) is 5. The molecule has 0 spiro atoms. The zero-order chi connectivity index (χ0) is 15.1. The molecule has 0 unspecified atom stereocenters. The molecule has 0 atom stereocenters. The van der Waals surface area contributed by atoms with Crippen LogP contribution in [0.4, 0.5) is 5.95 Å². The van der Waals surface area contributed by atoms with Crippen LogP contribution in [0.3, 0.4) is 0 Å². The van der Waals surface area contributed by atoms with Gasteiger partial charge in [-0.1, -0.05) is 42.5 Å². The van der Waals surface area contributed by atoms with Gasteiger partial charge in [0.15, 0.2) is 11.2 Å². The van der Waals surface area contributed by atoms with Gasteiger partial charge in [0, 0.05) is 5.56 Å². The number of aromatic amines is 1. The number of aromatic nitrogens is 4. The molecule has 2 aromatic carbocycles. The molecular weight excluding hydrogens is 278 g/mol. The molecule has 106 valence electrons. The van der Waals surface area contributed by atoms with Crippen molar-refractivity contribution in [1.82, 2.24) is 19.9 Å². The van der Waals surface area contributed by atoms with Gasteiger partial charge in [0.05, 0.1) is 11.9 Å². The summed E-state index contributed by atoms with van der Waals surface area (Å²) in [5, 5.41) is 2.16. The number of nitrogens with one attached hydrogen (secondary N) is 1. The van der Waals surface area contributed by atoms with Crippen molar-refractivity contribution >= 4 is 27.9 Å². The number of hydrogen-bond donors (Lipinski definition) is 2. The van der Waals surface area contributed by atoms with E-state index < -0.39 is 5.56 Å². The summed E-state index contributed by atoms with van der Waals surface area (Å²) < 4.78 is 0. The SMILES string of the molecule is Nc1nc2ncc(-c3cccc4ccccc34)nc2c(=O)[nH]1. The van der Waals surface area contributed by atoms with E-state index in [-0.39, 0.29) is 17.1 Å². The predicted octanol–water partition coefficient (Wildman–Crippen LogP) is 2.12. The van der Waals surface area contributed by atoms with Gasteiger partial charge in [-0.15, -0.1) is 0 Å². The van der Waals surface area contributed by atoms with E-state index in [9.17, 15) is 4.79 Å². The molecule has 0 amide bonds. The van der Waals surface area contributed by atoms with Gasteiger partial charge in [0.1, 0.15) is 0 Å². The van der Waals surface area contributed by atoms with Gasteiger partial charge in [-0.2, -0.15) is 4.98 Å². The Morgan fingerprint density at radius 2 is 1.82 bits per heavy atom. The Kier molecular flexibility index (Phi) is 2.62. The molecule has 4 aromatic rings. The molecule has 0 saturated heterocycles. The minimum Gasteiger partial charge on any atom is -0.369 e. The van der Waals surface area contributed by atoms with Crippen LogP contribution < -0.4 is 11.3 Å². The van der Waals surface area contributed by atoms with Crippen LogP contribution in [-0.4, -0.2) is 19.9 Å². The van der Waals surface area contributed by atoms with Crippen LogP contribution in [0.2, 0.25) is 0 Å². The second-order valence-corrected chi connectivity index (χ2v) is 4.91. The molecule has 2 aromatic heterocycles. The quantitative estimate of drug-likeness (QED) is 0.559. The van der Waals surface area contributed by atoms with E-state index >= 15 is 0 Å². The molecule has 0 radical (unpaired) electrons. The minimum absolute atomic E-state index is 0.0321. The van der Waals surface area contributed by atoms with Gasteiger partial charge >= 0.3 is 0 Å². The fourth-order valence-electron chi connectivity index (χ4n) is 2.51. The summed E-state index contributed by atoms with van der Waals surface area (Å²) in [5.41, 5.74) is 7.09. The molecule has 0 aliphatic rings. The summed E-state index contributed by atoms with van der Waals surface area (Å²) in [6.45, 7) is 0. The fourth-order valence-corrected chi connectivity index (χ4v) is 2.51. The van der Waals surface area contributed by atoms with Crippen molar-refractivity contribution in [2.45, 2.75) is 0 Å². The Hall–Kier alpha value is -3.28. The average molecular weight is 289 g/mol. The second-order valence-electron chi connectivity index (χ2n) is 4.91. The maximum atomic E-state index is 12.0. The average Bonchev–Trinajstić information content (AvgIpc) is 2.54. The van der Waals surface area contributed by atoms with E-state index in [1.54, 1.807) is 6.20 Å². The zero-order valence-electron chi connectivity index (χ0n) is 11.4. The smallest absolute Gasteiger partial charge is 0.280 e. The number of anilines is 1. The molecule has 6 heteroatoms. The Labute approximate surface area is 124 Å². The summed E-state index contributed by atoms with van der Waals surface area (Å²) in [7, 11) is 0. The second kappa shape index (κ2) is 4.63. The van der Waals surface area contributed by atoms with E-state index in [0.717, 1.165) is 16.3 Å². The first-order valence-electron chi connectivity index (χ1n) is 6.73. The third-order valence-corrected chi connectivity index (χ3v) is 3.50. The van der Waals surface area contributed by atoms with Gasteiger partial charge < -0.3 is 5.73 Å². The molecule has 0 bridgehead atoms. The van der Waals surface area contributed by atoms with Gasteiger partial charge in [-0.3, -0.25) is 9.78 Å². The van der Waals surface area contributed by atoms with Crippen molar-refractivity contribution in [3.63, 3.8) is 0 Å². The fraction of sp³-hybridized carbons (Fsp3) is 0. The van der Waals surface area contributed by atoms with E-state index in [4.69, 9.17) is 5.73 Å². The molecule has 0 fully saturated rings. The Bertz CT molecular complexity index is 1070. The highest BCUT2D eigenvalue weighted by atomic mass is 16.1. The monoisotopic (exact) mass is 289 g/mol. The first-order valence-corrected chi connectivity index (χ1v) is 6.73. The first kappa shape index (κ1) is 12.5. The lowest BCUT2D eigenvalue weighted by Gasteiger charge is -2.06. The molecule has 6 nitrogen and oxygen atoms in total. The van der Waals surface area contributed by atoms with Gasteiger partial charge in [0.2, 0.25) is 5.95 Å². The van der Waals surface area contributed by atoms with Crippen LogP contribution >= 0.6 is 0 Å². The van der Waals surface area contributed by atoms with Crippen LogP contribution in [0.15, 0.2) is 53.5 Å². The molecule has 2 heterocycles. The topological polar surface area (TPSA) is 97.5 Å². The maximum Gasteiger partial charge on any atom is 0.280 e. The summed E-state index contributed by atoms with van der Waals surface area (Å²) >= 11 is 0. The number of H-pyrrole nitrogens is 1. The summed E-state index contributed by atoms with van der Waals surface area (Å²) in [6.07, 6.45) is 1.61. The molecule has 22 heavy (non-hydrogen) atoms. The Morgan fingerprint density at radius 3 is 2.73 bits per heavy atom. The lowest BCUT2D eigenvalue weighted by Crippen LogP contribution is -2.13. The highest BCUT2D eigenvalue weighted by Gasteiger charge is 2.10. The zero-order valence-corrected chi connectivity index (χ0v) is 11.4. The largest absolute Gasteiger partial charge is 0.369 e. The van der Waals surface area contributed by atoms with E-state index in [1.165, 1.54) is 0 Å². The Balaban J connectivity index is 2.03. The van der Waals surface area contributed by atoms with Gasteiger partial charge in [-0.25, -0.2) is 9.97 Å². The predicted molar refractivity (Wildman–Crippen MR) is 85.3 cm³/mol. The van der Waals surface area contributed by atoms with Crippen LogP contribution in [0.25, 0.3) is 33.2 Å². The third kappa shape index (κ3) is 1.89. The van der Waals surface area contributed by atoms with Crippen molar-refractivity contribution in [3.05, 3.63) is 59.0 Å². The van der Waals surface area contributed by atoms with Crippen LogP contribution in [-0.2, 0) is 0 Å². The first-order chi connectivity index (χ1) is 10.7. The number of fused-ring (bicyclic) bond motifs is 2. The van der Waals surface area contributed by atoms with Crippen molar-refractivity contribution in [1.29, 1.82) is 0 Å². The van der Waals surface area contributed by atoms with Crippen molar-refractivity contribution in [3.8, 4) is 11.3 Å². The molecule has 0 aliphatic heterocycles. The summed E-state index contributed by atoms with van der Waals surface area (Å²) in [6, 6.07) is 13.9. The van der Waals surface area contributed by atoms with Crippen LogP contribution in [0, 0.1) is 0 Å². The van der Waals surface area contributed by atoms with Crippen molar-refractivity contribution in [2.75, 3.05) is 5.73 Å². The lowest BCUT2D eigenvalue weighted by atomic mass is 10.0.